The van der Waals surface area contributed by atoms with Crippen LogP contribution in [0.25, 0.3) is 0 Å². The quantitative estimate of drug-likeness (QED) is 0.883. The average Bonchev–Trinajstić information content (AvgIpc) is 2.57. The second-order valence-electron chi connectivity index (χ2n) is 5.91. The van der Waals surface area contributed by atoms with Crippen LogP contribution in [0, 0.1) is 0 Å². The second kappa shape index (κ2) is 7.20. The maximum Gasteiger partial charge on any atom is 0.163 e. The third kappa shape index (κ3) is 3.87. The van der Waals surface area contributed by atoms with E-state index in [1.807, 2.05) is 48.5 Å². The fourth-order valence-electron chi connectivity index (χ4n) is 3.02. The van der Waals surface area contributed by atoms with Gasteiger partial charge in [0.25, 0.3) is 0 Å². The Morgan fingerprint density at radius 3 is 1.74 bits per heavy atom. The van der Waals surface area contributed by atoms with Crippen molar-refractivity contribution in [1.29, 1.82) is 0 Å². The second-order valence-corrected chi connectivity index (χ2v) is 6.79. The molecule has 0 radical (unpaired) electrons. The zero-order valence-corrected chi connectivity index (χ0v) is 14.3. The van der Waals surface area contributed by atoms with Crippen molar-refractivity contribution in [3.8, 4) is 0 Å². The first kappa shape index (κ1) is 16.7. The van der Waals surface area contributed by atoms with Gasteiger partial charge in [-0.3, -0.25) is 0 Å². The van der Waals surface area contributed by atoms with Gasteiger partial charge in [-0.2, -0.15) is 0 Å². The number of ether oxygens (including phenoxy) is 1. The van der Waals surface area contributed by atoms with E-state index >= 15 is 0 Å². The molecule has 2 N–H and O–H groups in total. The van der Waals surface area contributed by atoms with Crippen molar-refractivity contribution in [1.82, 2.24) is 0 Å². The number of morpholine rings is 1. The van der Waals surface area contributed by atoms with E-state index in [4.69, 9.17) is 27.9 Å². The molecule has 0 unspecified atom stereocenters. The number of aliphatic hydroxyl groups is 1. The van der Waals surface area contributed by atoms with Crippen LogP contribution in [0.1, 0.15) is 11.1 Å². The fraction of sp³-hybridized carbons (Fsp3) is 0.333. The molecule has 2 aromatic rings. The highest BCUT2D eigenvalue weighted by molar-refractivity contribution is 6.30. The number of hydrogen-bond donors (Lipinski definition) is 2. The van der Waals surface area contributed by atoms with Crippen LogP contribution in [0.2, 0.25) is 10.0 Å². The third-order valence-electron chi connectivity index (χ3n) is 4.35. The van der Waals surface area contributed by atoms with Crippen LogP contribution in [-0.4, -0.2) is 38.0 Å². The maximum absolute atomic E-state index is 11.5. The molecule has 1 aliphatic heterocycles. The summed E-state index contributed by atoms with van der Waals surface area (Å²) in [4.78, 5) is 1.32. The van der Waals surface area contributed by atoms with Gasteiger partial charge < -0.3 is 14.7 Å². The van der Waals surface area contributed by atoms with E-state index in [0.29, 0.717) is 16.6 Å². The zero-order valence-electron chi connectivity index (χ0n) is 12.8. The molecule has 1 fully saturated rings. The molecule has 0 atom stereocenters. The molecule has 0 bridgehead atoms. The Bertz CT molecular complexity index is 592. The van der Waals surface area contributed by atoms with Gasteiger partial charge in [0.05, 0.1) is 13.2 Å². The standard InChI is InChI=1S/C18H19Cl2NO2/c19-16-5-1-14(2-6-16)18(22,13-21-9-11-23-12-10-21)15-3-7-17(20)8-4-15/h1-8,22H,9-13H2/p+1. The Hall–Kier alpha value is -1.10. The molecular weight excluding hydrogens is 333 g/mol. The van der Waals surface area contributed by atoms with E-state index in [-0.39, 0.29) is 0 Å². The Balaban J connectivity index is 1.97. The summed E-state index contributed by atoms with van der Waals surface area (Å²) >= 11 is 12.0. The lowest BCUT2D eigenvalue weighted by Crippen LogP contribution is -3.15. The Kier molecular flexibility index (Phi) is 5.24. The van der Waals surface area contributed by atoms with Crippen LogP contribution in [0.3, 0.4) is 0 Å². The predicted octanol–water partition coefficient (Wildman–Crippen LogP) is 2.14. The minimum Gasteiger partial charge on any atom is -0.375 e. The molecule has 3 nitrogen and oxygen atoms in total. The summed E-state index contributed by atoms with van der Waals surface area (Å²) in [5, 5.41) is 12.9. The SMILES string of the molecule is OC(C[NH+]1CCOCC1)(c1ccc(Cl)cc1)c1ccc(Cl)cc1. The summed E-state index contributed by atoms with van der Waals surface area (Å²) < 4.78 is 5.42. The van der Waals surface area contributed by atoms with Crippen LogP contribution >= 0.6 is 23.2 Å². The van der Waals surface area contributed by atoms with Gasteiger partial charge in [0, 0.05) is 10.0 Å². The first-order valence-electron chi connectivity index (χ1n) is 7.74. The summed E-state index contributed by atoms with van der Waals surface area (Å²) in [5.74, 6) is 0. The van der Waals surface area contributed by atoms with Crippen molar-refractivity contribution in [2.24, 2.45) is 0 Å². The Morgan fingerprint density at radius 2 is 1.30 bits per heavy atom. The molecule has 122 valence electrons. The highest BCUT2D eigenvalue weighted by atomic mass is 35.5. The van der Waals surface area contributed by atoms with Gasteiger partial charge in [0.15, 0.2) is 5.60 Å². The van der Waals surface area contributed by atoms with E-state index in [9.17, 15) is 5.11 Å². The molecule has 0 spiro atoms. The predicted molar refractivity (Wildman–Crippen MR) is 92.3 cm³/mol. The number of quaternary nitrogens is 1. The van der Waals surface area contributed by atoms with Crippen molar-refractivity contribution in [3.63, 3.8) is 0 Å². The van der Waals surface area contributed by atoms with Crippen LogP contribution in [0.4, 0.5) is 0 Å². The van der Waals surface area contributed by atoms with Gasteiger partial charge in [0.1, 0.15) is 19.6 Å². The van der Waals surface area contributed by atoms with E-state index in [1.165, 1.54) is 4.90 Å². The zero-order chi connectivity index (χ0) is 16.3. The average molecular weight is 353 g/mol. The highest BCUT2D eigenvalue weighted by Crippen LogP contribution is 2.30. The number of benzene rings is 2. The van der Waals surface area contributed by atoms with Crippen molar-refractivity contribution < 1.29 is 14.7 Å². The van der Waals surface area contributed by atoms with Crippen molar-refractivity contribution in [3.05, 3.63) is 69.7 Å². The largest absolute Gasteiger partial charge is 0.375 e. The van der Waals surface area contributed by atoms with E-state index in [0.717, 1.165) is 37.4 Å². The van der Waals surface area contributed by atoms with Crippen LogP contribution in [-0.2, 0) is 10.3 Å². The monoisotopic (exact) mass is 352 g/mol. The number of rotatable bonds is 4. The molecular formula is C18H20Cl2NO2+. The Labute approximate surface area is 146 Å². The first-order valence-corrected chi connectivity index (χ1v) is 8.49. The van der Waals surface area contributed by atoms with Gasteiger partial charge in [0.2, 0.25) is 0 Å². The van der Waals surface area contributed by atoms with Crippen LogP contribution in [0.5, 0.6) is 0 Å². The van der Waals surface area contributed by atoms with Crippen LogP contribution in [0.15, 0.2) is 48.5 Å². The molecule has 0 aromatic heterocycles. The molecule has 23 heavy (non-hydrogen) atoms. The molecule has 1 heterocycles. The van der Waals surface area contributed by atoms with Gasteiger partial charge in [-0.1, -0.05) is 47.5 Å². The highest BCUT2D eigenvalue weighted by Gasteiger charge is 2.37. The first-order chi connectivity index (χ1) is 11.1. The van der Waals surface area contributed by atoms with Crippen molar-refractivity contribution >= 4 is 23.2 Å². The van der Waals surface area contributed by atoms with Gasteiger partial charge in [-0.05, 0) is 35.4 Å². The summed E-state index contributed by atoms with van der Waals surface area (Å²) in [5.41, 5.74) is 0.591. The summed E-state index contributed by atoms with van der Waals surface area (Å²) in [6, 6.07) is 14.8. The van der Waals surface area contributed by atoms with Gasteiger partial charge in [-0.25, -0.2) is 0 Å². The van der Waals surface area contributed by atoms with E-state index in [1.54, 1.807) is 0 Å². The van der Waals surface area contributed by atoms with Gasteiger partial charge >= 0.3 is 0 Å². The van der Waals surface area contributed by atoms with E-state index < -0.39 is 5.60 Å². The molecule has 1 saturated heterocycles. The topological polar surface area (TPSA) is 33.9 Å². The van der Waals surface area contributed by atoms with Crippen LogP contribution < -0.4 is 4.90 Å². The smallest absolute Gasteiger partial charge is 0.163 e. The molecule has 0 amide bonds. The van der Waals surface area contributed by atoms with Crippen molar-refractivity contribution in [2.75, 3.05) is 32.8 Å². The molecule has 3 rings (SSSR count). The van der Waals surface area contributed by atoms with Crippen molar-refractivity contribution in [2.45, 2.75) is 5.60 Å². The summed E-state index contributed by atoms with van der Waals surface area (Å²) in [6.07, 6.45) is 0. The molecule has 0 saturated carbocycles. The third-order valence-corrected chi connectivity index (χ3v) is 4.85. The minimum atomic E-state index is -1.08. The van der Waals surface area contributed by atoms with E-state index in [2.05, 4.69) is 0 Å². The number of halogens is 2. The normalized spacial score (nSPS) is 16.5. The molecule has 0 aliphatic carbocycles. The number of nitrogens with one attached hydrogen (secondary N) is 1. The fourth-order valence-corrected chi connectivity index (χ4v) is 3.27. The lowest BCUT2D eigenvalue weighted by molar-refractivity contribution is -0.914. The molecule has 2 aromatic carbocycles. The maximum atomic E-state index is 11.5. The van der Waals surface area contributed by atoms with Gasteiger partial charge in [-0.15, -0.1) is 0 Å². The minimum absolute atomic E-state index is 0.583. The number of hydrogen-bond acceptors (Lipinski definition) is 2. The summed E-state index contributed by atoms with van der Waals surface area (Å²) in [6.45, 7) is 3.83. The Morgan fingerprint density at radius 1 is 0.870 bits per heavy atom. The lowest BCUT2D eigenvalue weighted by Gasteiger charge is -2.34. The lowest BCUT2D eigenvalue weighted by atomic mass is 9.85. The summed E-state index contributed by atoms with van der Waals surface area (Å²) in [7, 11) is 0. The molecule has 5 heteroatoms. The molecule has 1 aliphatic rings.